The number of carbonyl (C=O) groups excluding carboxylic acids is 1. The van der Waals surface area contributed by atoms with E-state index in [0.717, 1.165) is 17.0 Å². The summed E-state index contributed by atoms with van der Waals surface area (Å²) in [6.07, 6.45) is 0.296. The van der Waals surface area contributed by atoms with Gasteiger partial charge in [0.2, 0.25) is 0 Å². The Hall–Kier alpha value is -3.47. The first-order chi connectivity index (χ1) is 14.5. The summed E-state index contributed by atoms with van der Waals surface area (Å²) in [5.74, 6) is 1.94. The molecule has 0 saturated carbocycles. The van der Waals surface area contributed by atoms with Crippen molar-refractivity contribution in [2.75, 3.05) is 26.6 Å². The third kappa shape index (κ3) is 5.11. The summed E-state index contributed by atoms with van der Waals surface area (Å²) in [5.41, 5.74) is 3.72. The first-order valence-electron chi connectivity index (χ1n) is 9.76. The summed E-state index contributed by atoms with van der Waals surface area (Å²) in [6, 6.07) is 21.0. The first-order valence-corrected chi connectivity index (χ1v) is 9.76. The summed E-state index contributed by atoms with van der Waals surface area (Å²) in [5, 5.41) is 3.49. The number of carbonyl (C=O) groups is 1. The SMILES string of the molecule is COc1ccc(NC(CC(=O)c2ccc(OC)c(OC)c2)c2ccc(C)cc2)cc1. The van der Waals surface area contributed by atoms with Crippen LogP contribution >= 0.6 is 0 Å². The van der Waals surface area contributed by atoms with Gasteiger partial charge in [0.1, 0.15) is 5.75 Å². The number of anilines is 1. The van der Waals surface area contributed by atoms with Crippen molar-refractivity contribution in [3.63, 3.8) is 0 Å². The van der Waals surface area contributed by atoms with E-state index in [9.17, 15) is 4.79 Å². The highest BCUT2D eigenvalue weighted by Crippen LogP contribution is 2.30. The Kier molecular flexibility index (Phi) is 6.96. The van der Waals surface area contributed by atoms with Crippen LogP contribution in [0.2, 0.25) is 0 Å². The van der Waals surface area contributed by atoms with Crippen molar-refractivity contribution in [3.8, 4) is 17.2 Å². The van der Waals surface area contributed by atoms with Gasteiger partial charge in [-0.25, -0.2) is 0 Å². The van der Waals surface area contributed by atoms with Crippen LogP contribution < -0.4 is 19.5 Å². The van der Waals surface area contributed by atoms with Crippen LogP contribution in [0.25, 0.3) is 0 Å². The molecule has 0 aliphatic heterocycles. The molecule has 3 rings (SSSR count). The molecule has 1 atom stereocenters. The third-order valence-corrected chi connectivity index (χ3v) is 5.01. The van der Waals surface area contributed by atoms with Crippen molar-refractivity contribution < 1.29 is 19.0 Å². The van der Waals surface area contributed by atoms with Crippen LogP contribution in [-0.2, 0) is 0 Å². The van der Waals surface area contributed by atoms with Crippen molar-refractivity contribution >= 4 is 11.5 Å². The van der Waals surface area contributed by atoms with Crippen LogP contribution in [-0.4, -0.2) is 27.1 Å². The minimum Gasteiger partial charge on any atom is -0.497 e. The van der Waals surface area contributed by atoms with Gasteiger partial charge < -0.3 is 19.5 Å². The summed E-state index contributed by atoms with van der Waals surface area (Å²) < 4.78 is 15.8. The lowest BCUT2D eigenvalue weighted by Crippen LogP contribution is -2.16. The highest BCUT2D eigenvalue weighted by Gasteiger charge is 2.19. The second kappa shape index (κ2) is 9.83. The van der Waals surface area contributed by atoms with Gasteiger partial charge >= 0.3 is 0 Å². The lowest BCUT2D eigenvalue weighted by molar-refractivity contribution is 0.0976. The first kappa shape index (κ1) is 21.2. The van der Waals surface area contributed by atoms with Gasteiger partial charge in [-0.15, -0.1) is 0 Å². The monoisotopic (exact) mass is 405 g/mol. The average molecular weight is 405 g/mol. The summed E-state index contributed by atoms with van der Waals surface area (Å²) in [4.78, 5) is 13.1. The third-order valence-electron chi connectivity index (χ3n) is 5.01. The number of Topliss-reactive ketones (excluding diaryl/α,β-unsaturated/α-hetero) is 1. The molecule has 5 heteroatoms. The molecule has 0 aromatic heterocycles. The lowest BCUT2D eigenvalue weighted by atomic mass is 9.96. The van der Waals surface area contributed by atoms with Crippen LogP contribution in [0.5, 0.6) is 17.2 Å². The minimum atomic E-state index is -0.181. The maximum absolute atomic E-state index is 13.1. The van der Waals surface area contributed by atoms with Crippen LogP contribution in [0, 0.1) is 6.92 Å². The molecule has 1 N–H and O–H groups in total. The van der Waals surface area contributed by atoms with E-state index in [1.165, 1.54) is 5.56 Å². The Labute approximate surface area is 177 Å². The van der Waals surface area contributed by atoms with Crippen molar-refractivity contribution in [2.45, 2.75) is 19.4 Å². The van der Waals surface area contributed by atoms with Crippen molar-refractivity contribution in [1.82, 2.24) is 0 Å². The van der Waals surface area contributed by atoms with Gasteiger partial charge in [0.25, 0.3) is 0 Å². The van der Waals surface area contributed by atoms with Crippen LogP contribution in [0.15, 0.2) is 66.7 Å². The van der Waals surface area contributed by atoms with E-state index in [0.29, 0.717) is 23.5 Å². The summed E-state index contributed by atoms with van der Waals surface area (Å²) in [7, 11) is 4.78. The molecule has 156 valence electrons. The van der Waals surface area contributed by atoms with Gasteiger partial charge in [0.15, 0.2) is 17.3 Å². The normalized spacial score (nSPS) is 11.5. The molecule has 0 spiro atoms. The number of benzene rings is 3. The fourth-order valence-corrected chi connectivity index (χ4v) is 3.25. The topological polar surface area (TPSA) is 56.8 Å². The highest BCUT2D eigenvalue weighted by molar-refractivity contribution is 5.97. The Bertz CT molecular complexity index is 981. The average Bonchev–Trinajstić information content (AvgIpc) is 2.79. The van der Waals surface area contributed by atoms with Gasteiger partial charge in [0.05, 0.1) is 27.4 Å². The molecule has 0 fully saturated rings. The molecule has 0 aliphatic rings. The molecule has 0 radical (unpaired) electrons. The molecular weight excluding hydrogens is 378 g/mol. The van der Waals surface area contributed by atoms with Crippen molar-refractivity contribution in [2.24, 2.45) is 0 Å². The highest BCUT2D eigenvalue weighted by atomic mass is 16.5. The van der Waals surface area contributed by atoms with Crippen LogP contribution in [0.3, 0.4) is 0 Å². The number of methoxy groups -OCH3 is 3. The lowest BCUT2D eigenvalue weighted by Gasteiger charge is -2.21. The molecule has 3 aromatic rings. The van der Waals surface area contributed by atoms with E-state index in [4.69, 9.17) is 14.2 Å². The van der Waals surface area contributed by atoms with Gasteiger partial charge in [-0.1, -0.05) is 29.8 Å². The number of hydrogen-bond acceptors (Lipinski definition) is 5. The predicted molar refractivity (Wildman–Crippen MR) is 119 cm³/mol. The molecule has 1 unspecified atom stereocenters. The van der Waals surface area contributed by atoms with Crippen LogP contribution in [0.4, 0.5) is 5.69 Å². The number of rotatable bonds is 9. The number of ether oxygens (including phenoxy) is 3. The standard InChI is InChI=1S/C25H27NO4/c1-17-5-7-18(8-6-17)22(26-20-10-12-21(28-2)13-11-20)16-23(27)19-9-14-24(29-3)25(15-19)30-4/h5-15,22,26H,16H2,1-4H3. The molecule has 0 bridgehead atoms. The minimum absolute atomic E-state index is 0.0162. The van der Waals surface area contributed by atoms with E-state index >= 15 is 0 Å². The van der Waals surface area contributed by atoms with Crippen molar-refractivity contribution in [1.29, 1.82) is 0 Å². The fraction of sp³-hybridized carbons (Fsp3) is 0.240. The smallest absolute Gasteiger partial charge is 0.165 e. The maximum atomic E-state index is 13.1. The zero-order valence-electron chi connectivity index (χ0n) is 17.8. The van der Waals surface area contributed by atoms with E-state index in [1.54, 1.807) is 39.5 Å². The summed E-state index contributed by atoms with van der Waals surface area (Å²) in [6.45, 7) is 2.05. The molecule has 0 aliphatic carbocycles. The number of nitrogens with one attached hydrogen (secondary N) is 1. The van der Waals surface area contributed by atoms with Crippen molar-refractivity contribution in [3.05, 3.63) is 83.4 Å². The van der Waals surface area contributed by atoms with E-state index < -0.39 is 0 Å². The predicted octanol–water partition coefficient (Wildman–Crippen LogP) is 5.45. The van der Waals surface area contributed by atoms with Gasteiger partial charge in [-0.2, -0.15) is 0 Å². The Morgan fingerprint density at radius 1 is 0.833 bits per heavy atom. The Morgan fingerprint density at radius 3 is 2.10 bits per heavy atom. The molecule has 0 saturated heterocycles. The second-order valence-electron chi connectivity index (χ2n) is 7.03. The molecular formula is C25H27NO4. The van der Waals surface area contributed by atoms with Gasteiger partial charge in [0, 0.05) is 17.7 Å². The van der Waals surface area contributed by atoms with Gasteiger partial charge in [-0.3, -0.25) is 4.79 Å². The quantitative estimate of drug-likeness (QED) is 0.480. The Balaban J connectivity index is 1.85. The molecule has 0 amide bonds. The molecule has 3 aromatic carbocycles. The van der Waals surface area contributed by atoms with E-state index in [-0.39, 0.29) is 11.8 Å². The zero-order chi connectivity index (χ0) is 21.5. The number of aryl methyl sites for hydroxylation is 1. The largest absolute Gasteiger partial charge is 0.497 e. The molecule has 30 heavy (non-hydrogen) atoms. The van der Waals surface area contributed by atoms with E-state index in [2.05, 4.69) is 29.6 Å². The second-order valence-corrected chi connectivity index (χ2v) is 7.03. The molecule has 0 heterocycles. The van der Waals surface area contributed by atoms with E-state index in [1.807, 2.05) is 31.2 Å². The summed E-state index contributed by atoms with van der Waals surface area (Å²) >= 11 is 0. The Morgan fingerprint density at radius 2 is 1.50 bits per heavy atom. The number of ketones is 1. The maximum Gasteiger partial charge on any atom is 0.165 e. The fourth-order valence-electron chi connectivity index (χ4n) is 3.25. The zero-order valence-corrected chi connectivity index (χ0v) is 17.8. The van der Waals surface area contributed by atoms with Gasteiger partial charge in [-0.05, 0) is 55.0 Å². The number of hydrogen-bond donors (Lipinski definition) is 1. The van der Waals surface area contributed by atoms with Crippen LogP contribution in [0.1, 0.15) is 33.9 Å². The molecule has 5 nitrogen and oxygen atoms in total.